The van der Waals surface area contributed by atoms with Gasteiger partial charge in [-0.15, -0.1) is 24.0 Å². The number of guanidine groups is 1. The quantitative estimate of drug-likeness (QED) is 0.444. The lowest BCUT2D eigenvalue weighted by Gasteiger charge is -2.14. The summed E-state index contributed by atoms with van der Waals surface area (Å²) < 4.78 is 5.49. The number of pyridine rings is 1. The molecule has 1 aromatic rings. The van der Waals surface area contributed by atoms with Gasteiger partial charge in [0.05, 0.1) is 6.61 Å². The van der Waals surface area contributed by atoms with E-state index in [1.54, 1.807) is 13.2 Å². The van der Waals surface area contributed by atoms with Gasteiger partial charge in [0.2, 0.25) is 5.88 Å². The van der Waals surface area contributed by atoms with Crippen molar-refractivity contribution in [3.05, 3.63) is 23.9 Å². The molecule has 2 N–H and O–H groups in total. The maximum Gasteiger partial charge on any atom is 0.218 e. The standard InChI is InChI=1S/C14H24N4O.HI/c1-5-19-13-12(7-6-8-16-13)10-18-14(15-4)17-9-11(2)3;/h6-8,11H,5,9-10H2,1-4H3,(H2,15,17,18);1H. The van der Waals surface area contributed by atoms with Crippen LogP contribution >= 0.6 is 24.0 Å². The van der Waals surface area contributed by atoms with Crippen molar-refractivity contribution in [1.82, 2.24) is 15.6 Å². The lowest BCUT2D eigenvalue weighted by molar-refractivity contribution is 0.322. The van der Waals surface area contributed by atoms with Gasteiger partial charge in [-0.1, -0.05) is 19.9 Å². The zero-order chi connectivity index (χ0) is 14.1. The summed E-state index contributed by atoms with van der Waals surface area (Å²) >= 11 is 0. The van der Waals surface area contributed by atoms with E-state index < -0.39 is 0 Å². The molecule has 1 aromatic heterocycles. The van der Waals surface area contributed by atoms with Gasteiger partial charge >= 0.3 is 0 Å². The molecule has 0 aliphatic carbocycles. The van der Waals surface area contributed by atoms with Gasteiger partial charge in [0.25, 0.3) is 0 Å². The van der Waals surface area contributed by atoms with Gasteiger partial charge in [-0.3, -0.25) is 4.99 Å². The molecule has 0 bridgehead atoms. The highest BCUT2D eigenvalue weighted by Gasteiger charge is 2.05. The molecular formula is C14H25IN4O. The maximum atomic E-state index is 5.49. The molecule has 0 amide bonds. The SMILES string of the molecule is CCOc1ncccc1CNC(=NC)NCC(C)C.I. The van der Waals surface area contributed by atoms with E-state index in [0.29, 0.717) is 24.9 Å². The van der Waals surface area contributed by atoms with Crippen molar-refractivity contribution in [2.24, 2.45) is 10.9 Å². The Balaban J connectivity index is 0.00000361. The monoisotopic (exact) mass is 392 g/mol. The molecule has 0 aliphatic rings. The second kappa shape index (κ2) is 10.7. The summed E-state index contributed by atoms with van der Waals surface area (Å²) in [6.07, 6.45) is 1.74. The van der Waals surface area contributed by atoms with Crippen molar-refractivity contribution in [2.45, 2.75) is 27.3 Å². The number of hydrogen-bond donors (Lipinski definition) is 2. The summed E-state index contributed by atoms with van der Waals surface area (Å²) in [5.41, 5.74) is 1.02. The molecule has 20 heavy (non-hydrogen) atoms. The third kappa shape index (κ3) is 6.93. The third-order valence-corrected chi connectivity index (χ3v) is 2.48. The fourth-order valence-electron chi connectivity index (χ4n) is 1.53. The topological polar surface area (TPSA) is 58.5 Å². The average molecular weight is 392 g/mol. The minimum absolute atomic E-state index is 0. The molecule has 0 saturated heterocycles. The number of aliphatic imine (C=N–C) groups is 1. The normalized spacial score (nSPS) is 10.9. The predicted octanol–water partition coefficient (Wildman–Crippen LogP) is 2.42. The van der Waals surface area contributed by atoms with Gasteiger partial charge in [-0.25, -0.2) is 4.98 Å². The molecule has 0 spiro atoms. The Morgan fingerprint density at radius 3 is 2.75 bits per heavy atom. The first-order chi connectivity index (χ1) is 9.17. The highest BCUT2D eigenvalue weighted by molar-refractivity contribution is 14.0. The van der Waals surface area contributed by atoms with Gasteiger partial charge in [0.1, 0.15) is 0 Å². The first-order valence-corrected chi connectivity index (χ1v) is 6.68. The fourth-order valence-corrected chi connectivity index (χ4v) is 1.53. The summed E-state index contributed by atoms with van der Waals surface area (Å²) in [5, 5.41) is 6.53. The van der Waals surface area contributed by atoms with Gasteiger partial charge in [-0.2, -0.15) is 0 Å². The first-order valence-electron chi connectivity index (χ1n) is 6.68. The number of nitrogens with zero attached hydrogens (tertiary/aromatic N) is 2. The van der Waals surface area contributed by atoms with Crippen LogP contribution in [-0.2, 0) is 6.54 Å². The minimum atomic E-state index is 0. The molecule has 1 rings (SSSR count). The van der Waals surface area contributed by atoms with Gasteiger partial charge in [-0.05, 0) is 18.9 Å². The van der Waals surface area contributed by atoms with Crippen molar-refractivity contribution in [3.63, 3.8) is 0 Å². The first kappa shape index (κ1) is 18.9. The Kier molecular flexibility index (Phi) is 10.1. The average Bonchev–Trinajstić information content (AvgIpc) is 2.40. The molecule has 6 heteroatoms. The van der Waals surface area contributed by atoms with Crippen molar-refractivity contribution < 1.29 is 4.74 Å². The van der Waals surface area contributed by atoms with Crippen molar-refractivity contribution >= 4 is 29.9 Å². The van der Waals surface area contributed by atoms with E-state index in [1.807, 2.05) is 19.1 Å². The van der Waals surface area contributed by atoms with E-state index in [9.17, 15) is 0 Å². The van der Waals surface area contributed by atoms with Crippen LogP contribution in [0.2, 0.25) is 0 Å². The third-order valence-electron chi connectivity index (χ3n) is 2.48. The molecule has 0 aromatic carbocycles. The van der Waals surface area contributed by atoms with E-state index in [2.05, 4.69) is 34.5 Å². The fraction of sp³-hybridized carbons (Fsp3) is 0.571. The lowest BCUT2D eigenvalue weighted by Crippen LogP contribution is -2.38. The molecule has 0 fully saturated rings. The second-order valence-electron chi connectivity index (χ2n) is 4.60. The van der Waals surface area contributed by atoms with E-state index >= 15 is 0 Å². The summed E-state index contributed by atoms with van der Waals surface area (Å²) in [7, 11) is 1.77. The molecular weight excluding hydrogens is 367 g/mol. The van der Waals surface area contributed by atoms with E-state index in [0.717, 1.165) is 18.1 Å². The Labute approximate surface area is 138 Å². The molecule has 0 unspecified atom stereocenters. The van der Waals surface area contributed by atoms with Crippen LogP contribution in [0.1, 0.15) is 26.3 Å². The number of nitrogens with one attached hydrogen (secondary N) is 2. The largest absolute Gasteiger partial charge is 0.478 e. The summed E-state index contributed by atoms with van der Waals surface area (Å²) in [4.78, 5) is 8.41. The van der Waals surface area contributed by atoms with Gasteiger partial charge < -0.3 is 15.4 Å². The van der Waals surface area contributed by atoms with Crippen molar-refractivity contribution in [2.75, 3.05) is 20.2 Å². The van der Waals surface area contributed by atoms with Gasteiger partial charge in [0.15, 0.2) is 5.96 Å². The zero-order valence-electron chi connectivity index (χ0n) is 12.6. The van der Waals surface area contributed by atoms with Gasteiger partial charge in [0, 0.05) is 31.9 Å². The minimum Gasteiger partial charge on any atom is -0.478 e. The van der Waals surface area contributed by atoms with Crippen LogP contribution in [0, 0.1) is 5.92 Å². The predicted molar refractivity (Wildman–Crippen MR) is 93.9 cm³/mol. The van der Waals surface area contributed by atoms with E-state index in [-0.39, 0.29) is 24.0 Å². The van der Waals surface area contributed by atoms with Crippen LogP contribution in [0.4, 0.5) is 0 Å². The van der Waals surface area contributed by atoms with Crippen LogP contribution in [0.15, 0.2) is 23.3 Å². The summed E-state index contributed by atoms with van der Waals surface area (Å²) in [6, 6.07) is 3.91. The van der Waals surface area contributed by atoms with E-state index in [4.69, 9.17) is 4.74 Å². The highest BCUT2D eigenvalue weighted by Crippen LogP contribution is 2.13. The molecule has 0 atom stereocenters. The molecule has 5 nitrogen and oxygen atoms in total. The Morgan fingerprint density at radius 2 is 2.15 bits per heavy atom. The Hall–Kier alpha value is -1.05. The van der Waals surface area contributed by atoms with Crippen LogP contribution in [0.25, 0.3) is 0 Å². The van der Waals surface area contributed by atoms with Crippen molar-refractivity contribution in [3.8, 4) is 5.88 Å². The molecule has 0 aliphatic heterocycles. The smallest absolute Gasteiger partial charge is 0.218 e. The molecule has 114 valence electrons. The number of ether oxygens (including phenoxy) is 1. The maximum absolute atomic E-state index is 5.49. The van der Waals surface area contributed by atoms with Crippen LogP contribution in [0.5, 0.6) is 5.88 Å². The number of halogens is 1. The van der Waals surface area contributed by atoms with Crippen molar-refractivity contribution in [1.29, 1.82) is 0 Å². The van der Waals surface area contributed by atoms with Crippen LogP contribution in [0.3, 0.4) is 0 Å². The molecule has 1 heterocycles. The summed E-state index contributed by atoms with van der Waals surface area (Å²) in [5.74, 6) is 2.05. The second-order valence-corrected chi connectivity index (χ2v) is 4.60. The lowest BCUT2D eigenvalue weighted by atomic mass is 10.2. The zero-order valence-corrected chi connectivity index (χ0v) is 15.0. The number of rotatable bonds is 6. The molecule has 0 saturated carbocycles. The van der Waals surface area contributed by atoms with E-state index in [1.165, 1.54) is 0 Å². The number of aromatic nitrogens is 1. The van der Waals surface area contributed by atoms with Crippen LogP contribution in [-0.4, -0.2) is 31.1 Å². The number of hydrogen-bond acceptors (Lipinski definition) is 3. The summed E-state index contributed by atoms with van der Waals surface area (Å²) in [6.45, 7) is 8.43. The van der Waals surface area contributed by atoms with Crippen LogP contribution < -0.4 is 15.4 Å². The molecule has 0 radical (unpaired) electrons. The Morgan fingerprint density at radius 1 is 1.40 bits per heavy atom. The highest BCUT2D eigenvalue weighted by atomic mass is 127. The Bertz CT molecular complexity index is 410.